The molecule has 0 unspecified atom stereocenters. The van der Waals surface area contributed by atoms with E-state index in [4.69, 9.17) is 0 Å². The number of Topliss-reactive ketones (excluding diaryl/α,β-unsaturated/α-hetero) is 5. The summed E-state index contributed by atoms with van der Waals surface area (Å²) in [5, 5.41) is 0. The maximum absolute atomic E-state index is 13.5. The van der Waals surface area contributed by atoms with Crippen molar-refractivity contribution in [3.8, 4) is 59.2 Å². The van der Waals surface area contributed by atoms with Crippen LogP contribution in [-0.2, 0) is 19.3 Å². The molecule has 0 saturated carbocycles. The summed E-state index contributed by atoms with van der Waals surface area (Å²) in [4.78, 5) is 82.5. The molecule has 15 rings (SSSR count). The summed E-state index contributed by atoms with van der Waals surface area (Å²) in [6, 6.07) is 63.5. The summed E-state index contributed by atoms with van der Waals surface area (Å²) < 4.78 is 52.3. The molecule has 2 amide bonds. The van der Waals surface area contributed by atoms with Crippen molar-refractivity contribution in [2.24, 2.45) is 0 Å². The zero-order valence-corrected chi connectivity index (χ0v) is 52.1. The normalized spacial score (nSPS) is 12.8. The van der Waals surface area contributed by atoms with Crippen molar-refractivity contribution in [2.45, 2.75) is 44.9 Å². The third kappa shape index (κ3) is 16.3. The van der Waals surface area contributed by atoms with Gasteiger partial charge in [0.2, 0.25) is 0 Å². The SMILES string of the molecule is CN1C(=O)c2ccc(C#Cc3ccccc3)cc2C1=O.O=C1CC(=O)c2cc(C#Cc3ccccc3)ccc21.O=C1CCc2cc(C#Cc3ccc(F)c(F)c3)ccc21.O=C1CCc2cc(C#Cc3cccc(F)c3F)ccc21.O=C1CCc2cc(C#Cc3ccccc3)ccc21. The second-order valence-electron chi connectivity index (χ2n) is 22.7. The number of carbonyl (C=O) groups is 7. The molecule has 468 valence electrons. The van der Waals surface area contributed by atoms with Gasteiger partial charge >= 0.3 is 0 Å². The number of ketones is 5. The van der Waals surface area contributed by atoms with Gasteiger partial charge in [-0.15, -0.1) is 0 Å². The van der Waals surface area contributed by atoms with Crippen molar-refractivity contribution >= 4 is 40.7 Å². The molecule has 0 saturated heterocycles. The molecule has 5 aliphatic rings. The highest BCUT2D eigenvalue weighted by atomic mass is 19.2. The van der Waals surface area contributed by atoms with E-state index in [-0.39, 0.29) is 52.7 Å². The van der Waals surface area contributed by atoms with E-state index >= 15 is 0 Å². The summed E-state index contributed by atoms with van der Waals surface area (Å²) in [5.41, 5.74) is 14.6. The van der Waals surface area contributed by atoms with Crippen molar-refractivity contribution in [1.29, 1.82) is 0 Å². The first-order valence-corrected chi connectivity index (χ1v) is 30.8. The number of benzene rings is 10. The average Bonchev–Trinajstić information content (AvgIpc) is 1.65. The Labute approximate surface area is 558 Å². The molecule has 10 aromatic carbocycles. The van der Waals surface area contributed by atoms with Gasteiger partial charge in [-0.2, -0.15) is 0 Å². The van der Waals surface area contributed by atoms with Gasteiger partial charge in [-0.1, -0.05) is 120 Å². The molecule has 0 atom stereocenters. The molecule has 0 N–H and O–H groups in total. The fourth-order valence-electron chi connectivity index (χ4n) is 10.9. The third-order valence-electron chi connectivity index (χ3n) is 16.1. The minimum Gasteiger partial charge on any atom is -0.294 e. The first kappa shape index (κ1) is 65.7. The largest absolute Gasteiger partial charge is 0.294 e. The van der Waals surface area contributed by atoms with Crippen LogP contribution in [0.5, 0.6) is 0 Å². The number of aryl methyl sites for hydroxylation is 3. The number of fused-ring (bicyclic) bond motifs is 5. The van der Waals surface area contributed by atoms with Crippen LogP contribution in [0.2, 0.25) is 0 Å². The lowest BCUT2D eigenvalue weighted by molar-refractivity contribution is 0.0691. The Balaban J connectivity index is 0.000000123. The molecule has 4 aliphatic carbocycles. The molecule has 1 heterocycles. The van der Waals surface area contributed by atoms with Gasteiger partial charge in [0.05, 0.1) is 23.1 Å². The topological polar surface area (TPSA) is 123 Å². The number of rotatable bonds is 0. The van der Waals surface area contributed by atoms with Gasteiger partial charge in [0.15, 0.2) is 52.2 Å². The fourth-order valence-corrected chi connectivity index (χ4v) is 10.9. The number of hydrogen-bond acceptors (Lipinski definition) is 7. The Bertz CT molecular complexity index is 5210. The molecule has 10 aromatic rings. The van der Waals surface area contributed by atoms with E-state index in [2.05, 4.69) is 59.2 Å². The van der Waals surface area contributed by atoms with Crippen LogP contribution in [0, 0.1) is 82.5 Å². The highest BCUT2D eigenvalue weighted by Gasteiger charge is 2.33. The van der Waals surface area contributed by atoms with Crippen LogP contribution in [0.4, 0.5) is 17.6 Å². The lowest BCUT2D eigenvalue weighted by Crippen LogP contribution is -2.24. The highest BCUT2D eigenvalue weighted by molar-refractivity contribution is 6.24. The fraction of sp³-hybridized carbons (Fsp3) is 0.0941. The molecule has 97 heavy (non-hydrogen) atoms. The standard InChI is InChI=1S/2C17H10F2O.C17H11NO2.C17H10O2.C17H12O/c18-15-7-4-12(10-16(15)19)2-1-11-3-6-14-13(9-11)5-8-17(14)20;18-15-3-1-2-12(17(15)19)6-4-11-5-8-14-13(10-11)7-9-16(14)20;1-18-16(19)14-10-9-13(11-15(14)17(18)20)8-7-12-5-3-2-4-6-12;18-16-11-17(19)15-10-13(8-9-14(15)16)7-6-12-4-2-1-3-5-12;18-17-11-9-15-12-14(8-10-16(15)17)7-6-13-4-2-1-3-5-13/h3-4,6-7,9-10H,5,8H2;1-3,5,8,10H,7,9H2;2-6,9-11H,1H3;1-5,8-10H,11H2;1-5,8,10,12H,9,11H2. The lowest BCUT2D eigenvalue weighted by Gasteiger charge is -2.02. The molecule has 1 aliphatic heterocycles. The Kier molecular flexibility index (Phi) is 20.5. The minimum atomic E-state index is -0.934. The van der Waals surface area contributed by atoms with Gasteiger partial charge in [0.25, 0.3) is 11.8 Å². The molecule has 0 radical (unpaired) electrons. The van der Waals surface area contributed by atoms with Gasteiger partial charge in [-0.25, -0.2) is 17.6 Å². The average molecular weight is 1280 g/mol. The highest BCUT2D eigenvalue weighted by Crippen LogP contribution is 2.27. The summed E-state index contributed by atoms with van der Waals surface area (Å²) in [5.74, 6) is 25.7. The van der Waals surface area contributed by atoms with Gasteiger partial charge in [-0.3, -0.25) is 38.5 Å². The van der Waals surface area contributed by atoms with Crippen molar-refractivity contribution in [3.05, 3.63) is 353 Å². The van der Waals surface area contributed by atoms with Crippen LogP contribution in [0.25, 0.3) is 0 Å². The van der Waals surface area contributed by atoms with Gasteiger partial charge < -0.3 is 0 Å². The molecular weight excluding hydrogens is 1220 g/mol. The molecule has 0 aromatic heterocycles. The van der Waals surface area contributed by atoms with Gasteiger partial charge in [0, 0.05) is 104 Å². The number of halogens is 4. The summed E-state index contributed by atoms with van der Waals surface area (Å²) in [7, 11) is 1.49. The Morgan fingerprint density at radius 1 is 0.268 bits per heavy atom. The molecular formula is C85H53F4NO7. The predicted octanol–water partition coefficient (Wildman–Crippen LogP) is 15.4. The Hall–Kier alpha value is -12.8. The van der Waals surface area contributed by atoms with E-state index in [0.29, 0.717) is 52.6 Å². The van der Waals surface area contributed by atoms with Gasteiger partial charge in [-0.05, 0) is 194 Å². The molecule has 8 nitrogen and oxygen atoms in total. The van der Waals surface area contributed by atoms with E-state index < -0.39 is 23.3 Å². The monoisotopic (exact) mass is 1280 g/mol. The number of amides is 2. The van der Waals surface area contributed by atoms with E-state index in [9.17, 15) is 51.1 Å². The number of carbonyl (C=O) groups excluding carboxylic acids is 7. The zero-order valence-electron chi connectivity index (χ0n) is 52.1. The molecule has 12 heteroatoms. The predicted molar refractivity (Wildman–Crippen MR) is 362 cm³/mol. The van der Waals surface area contributed by atoms with Crippen LogP contribution in [-0.4, -0.2) is 52.7 Å². The van der Waals surface area contributed by atoms with E-state index in [1.54, 1.807) is 60.7 Å². The quantitative estimate of drug-likeness (QED) is 0.0641. The van der Waals surface area contributed by atoms with Crippen molar-refractivity contribution in [3.63, 3.8) is 0 Å². The molecule has 0 bridgehead atoms. The summed E-state index contributed by atoms with van der Waals surface area (Å²) in [6.07, 6.45) is 4.04. The second kappa shape index (κ2) is 30.3. The van der Waals surface area contributed by atoms with Gasteiger partial charge in [0.1, 0.15) is 0 Å². The molecule has 0 fully saturated rings. The lowest BCUT2D eigenvalue weighted by atomic mass is 10.1. The first-order valence-electron chi connectivity index (χ1n) is 30.8. The number of hydrogen-bond donors (Lipinski definition) is 0. The first-order chi connectivity index (χ1) is 47.0. The minimum absolute atomic E-state index is 0.00903. The van der Waals surface area contributed by atoms with E-state index in [0.717, 1.165) is 115 Å². The summed E-state index contributed by atoms with van der Waals surface area (Å²) in [6.45, 7) is 0. The molecule has 0 spiro atoms. The van der Waals surface area contributed by atoms with Crippen molar-refractivity contribution in [1.82, 2.24) is 4.90 Å². The summed E-state index contributed by atoms with van der Waals surface area (Å²) >= 11 is 0. The van der Waals surface area contributed by atoms with Crippen LogP contribution in [0.15, 0.2) is 218 Å². The number of imide groups is 1. The van der Waals surface area contributed by atoms with Crippen LogP contribution < -0.4 is 0 Å². The smallest absolute Gasteiger partial charge is 0.261 e. The maximum atomic E-state index is 13.5. The number of nitrogens with zero attached hydrogens (tertiary/aromatic N) is 1. The van der Waals surface area contributed by atoms with E-state index in [1.807, 2.05) is 121 Å². The van der Waals surface area contributed by atoms with Crippen LogP contribution in [0.1, 0.15) is 171 Å². The third-order valence-corrected chi connectivity index (χ3v) is 16.1. The van der Waals surface area contributed by atoms with Crippen molar-refractivity contribution in [2.75, 3.05) is 7.05 Å². The zero-order chi connectivity index (χ0) is 68.0. The van der Waals surface area contributed by atoms with Crippen LogP contribution >= 0.6 is 0 Å². The maximum Gasteiger partial charge on any atom is 0.261 e. The Morgan fingerprint density at radius 2 is 0.619 bits per heavy atom. The van der Waals surface area contributed by atoms with E-state index in [1.165, 1.54) is 25.2 Å². The van der Waals surface area contributed by atoms with Crippen LogP contribution in [0.3, 0.4) is 0 Å². The van der Waals surface area contributed by atoms with Crippen molar-refractivity contribution < 1.29 is 51.1 Å². The Morgan fingerprint density at radius 3 is 1.06 bits per heavy atom. The second-order valence-corrected chi connectivity index (χ2v) is 22.7.